The van der Waals surface area contributed by atoms with Crippen LogP contribution in [0.4, 0.5) is 34.1 Å². The van der Waals surface area contributed by atoms with Gasteiger partial charge in [0.25, 0.3) is 13.4 Å². The van der Waals surface area contributed by atoms with Crippen molar-refractivity contribution in [3.8, 4) is 84.3 Å². The average Bonchev–Trinajstić information content (AvgIpc) is 0.861. The fourth-order valence-corrected chi connectivity index (χ4v) is 18.2. The van der Waals surface area contributed by atoms with Crippen molar-refractivity contribution in [2.45, 2.75) is 78.6 Å². The number of para-hydroxylation sites is 3. The topological polar surface area (TPSA) is 43.0 Å². The molecule has 4 aliphatic rings. The fourth-order valence-electron chi connectivity index (χ4n) is 18.2. The Balaban J connectivity index is 0.911. The normalized spacial score (nSPS) is 13.4. The van der Waals surface area contributed by atoms with Gasteiger partial charge in [-0.3, -0.25) is 0 Å². The number of anilines is 6. The van der Waals surface area contributed by atoms with Crippen molar-refractivity contribution >= 4 is 124 Å². The van der Waals surface area contributed by atoms with Crippen molar-refractivity contribution in [1.82, 2.24) is 4.57 Å². The molecule has 21 rings (SSSR count). The highest BCUT2D eigenvalue weighted by atomic mass is 16.5. The summed E-state index contributed by atoms with van der Waals surface area (Å²) in [5.41, 5.74) is 32.5. The molecule has 15 aromatic carbocycles. The monoisotopic (exact) mass is 1420 g/mol. The first-order valence-corrected chi connectivity index (χ1v) is 38.7. The Morgan fingerprint density at radius 3 is 1.33 bits per heavy atom. The number of aromatic nitrogens is 1. The molecule has 0 unspecified atom stereocenters. The Bertz CT molecular complexity index is 6540. The van der Waals surface area contributed by atoms with Crippen molar-refractivity contribution in [3.63, 3.8) is 0 Å². The van der Waals surface area contributed by atoms with Crippen LogP contribution in [-0.2, 0) is 16.2 Å². The van der Waals surface area contributed by atoms with E-state index in [4.69, 9.17) is 13.9 Å². The Kier molecular flexibility index (Phi) is 14.5. The van der Waals surface area contributed by atoms with Gasteiger partial charge in [0.1, 0.15) is 34.2 Å². The van der Waals surface area contributed by atoms with Crippen LogP contribution in [0.5, 0.6) is 23.0 Å². The highest BCUT2D eigenvalue weighted by Gasteiger charge is 2.49. The molecular weight excluding hydrogens is 1340 g/mol. The van der Waals surface area contributed by atoms with E-state index in [9.17, 15) is 0 Å². The van der Waals surface area contributed by atoms with Crippen LogP contribution >= 0.6 is 0 Å². The van der Waals surface area contributed by atoms with E-state index in [1.54, 1.807) is 0 Å². The third kappa shape index (κ3) is 10.3. The molecule has 0 saturated carbocycles. The van der Waals surface area contributed by atoms with Gasteiger partial charge in [0.05, 0.1) is 16.7 Å². The second-order valence-corrected chi connectivity index (χ2v) is 33.5. The summed E-state index contributed by atoms with van der Waals surface area (Å²) in [6, 6.07) is 118. The molecule has 0 aliphatic carbocycles. The summed E-state index contributed by atoms with van der Waals surface area (Å²) in [6.45, 7) is 20.2. The first-order valence-electron chi connectivity index (χ1n) is 38.7. The van der Waals surface area contributed by atoms with E-state index < -0.39 is 0 Å². The van der Waals surface area contributed by atoms with Gasteiger partial charge >= 0.3 is 0 Å². The molecule has 0 atom stereocenters. The van der Waals surface area contributed by atoms with E-state index in [1.807, 2.05) is 0 Å². The van der Waals surface area contributed by atoms with Crippen LogP contribution in [0.1, 0.15) is 79.0 Å². The summed E-state index contributed by atoms with van der Waals surface area (Å²) >= 11 is 0. The van der Waals surface area contributed by atoms with Crippen LogP contribution in [0.25, 0.3) is 105 Å². The van der Waals surface area contributed by atoms with Crippen LogP contribution in [0.15, 0.2) is 320 Å². The first kappa shape index (κ1) is 65.5. The van der Waals surface area contributed by atoms with Crippen LogP contribution in [-0.4, -0.2) is 18.0 Å². The van der Waals surface area contributed by atoms with Crippen LogP contribution in [0.3, 0.4) is 0 Å². The second-order valence-electron chi connectivity index (χ2n) is 33.5. The quantitative estimate of drug-likeness (QED) is 0.142. The predicted molar refractivity (Wildman–Crippen MR) is 463 cm³/mol. The standard InChI is InChI=1S/C102H79B2N3O3/c1-100(2,3)69-43-40-63(41-44-69)67-52-89-98-94(55-67)109-92-54-66(62-26-13-10-14-27-62)42-50-80(92)103(98)83-60-82-86(61-87(83)107(89)99-78(64-28-15-11-16-29-64)57-71(102(7,8)9)58-79(99)65-30-17-12-18-31-65)105(72-47-45-70(46-48-72)101(4,5)6)88-53-68(74-35-25-39-91-96(74)77-34-21-24-38-90(77)108-91)56-95-97(88)104(82)81-51-49-73(59-93(81)110-95)106-84-36-22-19-32-75(84)76-33-20-23-37-85(76)106/h10-61H,1-9H3. The molecule has 0 spiro atoms. The van der Waals surface area contributed by atoms with Gasteiger partial charge in [-0.25, -0.2) is 0 Å². The van der Waals surface area contributed by atoms with Crippen LogP contribution in [0, 0.1) is 0 Å². The zero-order valence-corrected chi connectivity index (χ0v) is 63.2. The average molecular weight is 1420 g/mol. The molecule has 526 valence electrons. The maximum atomic E-state index is 7.81. The molecule has 110 heavy (non-hydrogen) atoms. The number of benzene rings is 15. The lowest BCUT2D eigenvalue weighted by Gasteiger charge is -2.45. The molecule has 0 bridgehead atoms. The van der Waals surface area contributed by atoms with E-state index in [2.05, 4.69) is 392 Å². The second kappa shape index (κ2) is 24.4. The van der Waals surface area contributed by atoms with E-state index in [-0.39, 0.29) is 29.7 Å². The maximum Gasteiger partial charge on any atom is 0.256 e. The van der Waals surface area contributed by atoms with Crippen molar-refractivity contribution in [3.05, 3.63) is 332 Å². The smallest absolute Gasteiger partial charge is 0.256 e. The minimum atomic E-state index is -0.320. The van der Waals surface area contributed by atoms with Gasteiger partial charge in [-0.15, -0.1) is 0 Å². The van der Waals surface area contributed by atoms with E-state index in [0.29, 0.717) is 0 Å². The summed E-state index contributed by atoms with van der Waals surface area (Å²) in [5, 5.41) is 4.54. The number of ether oxygens (including phenoxy) is 2. The first-order chi connectivity index (χ1) is 53.4. The summed E-state index contributed by atoms with van der Waals surface area (Å²) < 4.78 is 24.7. The summed E-state index contributed by atoms with van der Waals surface area (Å²) in [6.07, 6.45) is 0. The van der Waals surface area contributed by atoms with Gasteiger partial charge < -0.3 is 28.3 Å². The number of rotatable bonds is 8. The SMILES string of the molecule is CC(C)(C)c1ccc(-c2cc3c4c(c2)N(c2c(-c5ccccc5)cc(C(C)(C)C)cc2-c2ccccc2)c2cc5c(cc2B4c2ccc(-c4ccccc4)cc2O3)B2c3ccc(-n4c6ccccc6c6ccccc64)cc3Oc3cc(-c4cccc6oc7ccccc7c46)cc(c32)N5c2ccc(C(C)(C)C)cc2)cc1. The minimum absolute atomic E-state index is 0.0462. The fraction of sp³-hybridized carbons (Fsp3) is 0.118. The summed E-state index contributed by atoms with van der Waals surface area (Å²) in [7, 11) is 0. The molecular formula is C102H79B2N3O3. The van der Waals surface area contributed by atoms with Crippen LogP contribution < -0.4 is 52.1 Å². The van der Waals surface area contributed by atoms with Gasteiger partial charge in [-0.2, -0.15) is 0 Å². The predicted octanol–water partition coefficient (Wildman–Crippen LogP) is 23.7. The largest absolute Gasteiger partial charge is 0.458 e. The Morgan fingerprint density at radius 1 is 0.273 bits per heavy atom. The van der Waals surface area contributed by atoms with Crippen molar-refractivity contribution in [2.24, 2.45) is 0 Å². The van der Waals surface area contributed by atoms with Crippen molar-refractivity contribution < 1.29 is 13.9 Å². The number of hydrogen-bond acceptors (Lipinski definition) is 5. The Hall–Kier alpha value is -12.8. The summed E-state index contributed by atoms with van der Waals surface area (Å²) in [5.74, 6) is 3.29. The van der Waals surface area contributed by atoms with Crippen molar-refractivity contribution in [1.29, 1.82) is 0 Å². The lowest BCUT2D eigenvalue weighted by Crippen LogP contribution is -2.63. The maximum absolute atomic E-state index is 7.81. The van der Waals surface area contributed by atoms with Gasteiger partial charge in [-0.1, -0.05) is 281 Å². The van der Waals surface area contributed by atoms with Gasteiger partial charge in [-0.05, 0) is 201 Å². The van der Waals surface area contributed by atoms with E-state index in [1.165, 1.54) is 38.4 Å². The molecule has 0 amide bonds. The Labute approximate surface area is 643 Å². The molecule has 17 aromatic rings. The lowest BCUT2D eigenvalue weighted by atomic mass is 9.30. The number of furan rings is 1. The zero-order chi connectivity index (χ0) is 74.2. The molecule has 8 heteroatoms. The van der Waals surface area contributed by atoms with Gasteiger partial charge in [0, 0.05) is 72.9 Å². The molecule has 6 nitrogen and oxygen atoms in total. The lowest BCUT2D eigenvalue weighted by molar-refractivity contribution is 0.487. The molecule has 0 N–H and O–H groups in total. The highest BCUT2D eigenvalue weighted by Crippen LogP contribution is 2.54. The third-order valence-corrected chi connectivity index (χ3v) is 23.8. The number of nitrogens with zero attached hydrogens (tertiary/aromatic N) is 3. The van der Waals surface area contributed by atoms with Crippen molar-refractivity contribution in [2.75, 3.05) is 9.80 Å². The Morgan fingerprint density at radius 2 is 0.727 bits per heavy atom. The molecule has 4 aliphatic heterocycles. The summed E-state index contributed by atoms with van der Waals surface area (Å²) in [4.78, 5) is 5.24. The number of hydrogen-bond donors (Lipinski definition) is 0. The third-order valence-electron chi connectivity index (χ3n) is 23.8. The van der Waals surface area contributed by atoms with Crippen LogP contribution in [0.2, 0.25) is 0 Å². The molecule has 2 aromatic heterocycles. The molecule has 0 saturated heterocycles. The zero-order valence-electron chi connectivity index (χ0n) is 63.2. The molecule has 0 radical (unpaired) electrons. The molecule has 6 heterocycles. The minimum Gasteiger partial charge on any atom is -0.458 e. The van der Waals surface area contributed by atoms with E-state index in [0.717, 1.165) is 173 Å². The molecule has 0 fully saturated rings. The van der Waals surface area contributed by atoms with Gasteiger partial charge in [0.15, 0.2) is 0 Å². The number of fused-ring (bicyclic) bond motifs is 14. The van der Waals surface area contributed by atoms with E-state index >= 15 is 0 Å². The highest BCUT2D eigenvalue weighted by molar-refractivity contribution is 7.02. The van der Waals surface area contributed by atoms with Gasteiger partial charge in [0.2, 0.25) is 0 Å².